The second-order valence-corrected chi connectivity index (χ2v) is 8.59. The van der Waals surface area contributed by atoms with Crippen LogP contribution in [-0.2, 0) is 0 Å². The number of benzene rings is 2. The molecule has 1 aliphatic heterocycles. The molecule has 1 fully saturated rings. The lowest BCUT2D eigenvalue weighted by Gasteiger charge is -2.19. The quantitative estimate of drug-likeness (QED) is 0.613. The standard InChI is InChI=1S/C23H27ClN2O3S/c1-3-10-25-23-26(21-7-5-4-6-16(21)2)13-19(30-23)11-17-8-9-22(20(24)12-17)29-15-18(28)14-27/h4-9,11-12,18,27-28H,3,10,13-15H2,1-2H3/b19-11-,25-23?/t18-/m1/s1. The molecule has 1 saturated heterocycles. The highest BCUT2D eigenvalue weighted by molar-refractivity contribution is 8.18. The van der Waals surface area contributed by atoms with Gasteiger partial charge < -0.3 is 19.8 Å². The Morgan fingerprint density at radius 3 is 2.80 bits per heavy atom. The lowest BCUT2D eigenvalue weighted by Crippen LogP contribution is -2.24. The normalized spacial score (nSPS) is 17.7. The summed E-state index contributed by atoms with van der Waals surface area (Å²) in [7, 11) is 0. The zero-order valence-corrected chi connectivity index (χ0v) is 18.8. The molecule has 1 heterocycles. The zero-order valence-electron chi connectivity index (χ0n) is 17.2. The van der Waals surface area contributed by atoms with E-state index >= 15 is 0 Å². The zero-order chi connectivity index (χ0) is 21.5. The number of hydrogen-bond donors (Lipinski definition) is 2. The molecular weight excluding hydrogens is 420 g/mol. The van der Waals surface area contributed by atoms with E-state index in [1.807, 2.05) is 18.2 Å². The lowest BCUT2D eigenvalue weighted by atomic mass is 10.1. The molecule has 7 heteroatoms. The maximum atomic E-state index is 9.43. The van der Waals surface area contributed by atoms with Gasteiger partial charge in [0.15, 0.2) is 5.17 Å². The van der Waals surface area contributed by atoms with Gasteiger partial charge in [-0.3, -0.25) is 4.99 Å². The van der Waals surface area contributed by atoms with E-state index < -0.39 is 6.10 Å². The maximum absolute atomic E-state index is 9.43. The van der Waals surface area contributed by atoms with Crippen molar-refractivity contribution < 1.29 is 14.9 Å². The van der Waals surface area contributed by atoms with Crippen LogP contribution < -0.4 is 9.64 Å². The van der Waals surface area contributed by atoms with E-state index in [0.717, 1.165) is 30.2 Å². The van der Waals surface area contributed by atoms with Gasteiger partial charge in [0.2, 0.25) is 0 Å². The van der Waals surface area contributed by atoms with Gasteiger partial charge in [-0.1, -0.05) is 54.6 Å². The van der Waals surface area contributed by atoms with Crippen LogP contribution in [0.4, 0.5) is 5.69 Å². The van der Waals surface area contributed by atoms with Gasteiger partial charge in [-0.15, -0.1) is 0 Å². The predicted octanol–water partition coefficient (Wildman–Crippen LogP) is 4.74. The Labute approximate surface area is 187 Å². The number of hydrogen-bond acceptors (Lipinski definition) is 5. The number of aliphatic hydroxyl groups is 2. The molecule has 0 saturated carbocycles. The van der Waals surface area contributed by atoms with Gasteiger partial charge >= 0.3 is 0 Å². The third-order valence-electron chi connectivity index (χ3n) is 4.57. The number of aliphatic hydroxyl groups excluding tert-OH is 2. The average molecular weight is 447 g/mol. The van der Waals surface area contributed by atoms with Crippen molar-refractivity contribution in [1.82, 2.24) is 0 Å². The van der Waals surface area contributed by atoms with E-state index in [-0.39, 0.29) is 13.2 Å². The second kappa shape index (κ2) is 10.9. The molecule has 2 aromatic rings. The Balaban J connectivity index is 1.80. The minimum absolute atomic E-state index is 0.00481. The van der Waals surface area contributed by atoms with Gasteiger partial charge in [0.25, 0.3) is 0 Å². The number of amidine groups is 1. The molecule has 2 N–H and O–H groups in total. The average Bonchev–Trinajstić information content (AvgIpc) is 3.13. The van der Waals surface area contributed by atoms with Crippen LogP contribution in [0.1, 0.15) is 24.5 Å². The molecule has 0 bridgehead atoms. The monoisotopic (exact) mass is 446 g/mol. The van der Waals surface area contributed by atoms with Gasteiger partial charge in [0, 0.05) is 17.1 Å². The van der Waals surface area contributed by atoms with Crippen LogP contribution in [-0.4, -0.2) is 47.8 Å². The number of ether oxygens (including phenoxy) is 1. The summed E-state index contributed by atoms with van der Waals surface area (Å²) in [4.78, 5) is 8.24. The molecule has 0 aromatic heterocycles. The molecule has 0 amide bonds. The van der Waals surface area contributed by atoms with Crippen molar-refractivity contribution in [2.45, 2.75) is 26.4 Å². The maximum Gasteiger partial charge on any atom is 0.168 e. The van der Waals surface area contributed by atoms with Crippen LogP contribution in [0.5, 0.6) is 5.75 Å². The van der Waals surface area contributed by atoms with E-state index in [9.17, 15) is 5.11 Å². The molecule has 0 spiro atoms. The molecule has 1 aliphatic rings. The van der Waals surface area contributed by atoms with Crippen molar-refractivity contribution in [1.29, 1.82) is 0 Å². The van der Waals surface area contributed by atoms with E-state index in [1.54, 1.807) is 17.8 Å². The predicted molar refractivity (Wildman–Crippen MR) is 127 cm³/mol. The van der Waals surface area contributed by atoms with E-state index in [4.69, 9.17) is 26.4 Å². The van der Waals surface area contributed by atoms with E-state index in [2.05, 4.69) is 43.0 Å². The highest BCUT2D eigenvalue weighted by Crippen LogP contribution is 2.37. The molecule has 0 radical (unpaired) electrons. The van der Waals surface area contributed by atoms with Gasteiger partial charge in [-0.05, 0) is 48.7 Å². The van der Waals surface area contributed by atoms with Crippen LogP contribution >= 0.6 is 23.4 Å². The fourth-order valence-electron chi connectivity index (χ4n) is 3.03. The fourth-order valence-corrected chi connectivity index (χ4v) is 4.33. The summed E-state index contributed by atoms with van der Waals surface area (Å²) < 4.78 is 5.47. The summed E-state index contributed by atoms with van der Waals surface area (Å²) in [5.74, 6) is 0.483. The molecule has 1 atom stereocenters. The summed E-state index contributed by atoms with van der Waals surface area (Å²) in [5.41, 5.74) is 3.37. The minimum Gasteiger partial charge on any atom is -0.489 e. The van der Waals surface area contributed by atoms with Crippen molar-refractivity contribution in [3.05, 3.63) is 63.5 Å². The van der Waals surface area contributed by atoms with Gasteiger partial charge in [0.05, 0.1) is 18.2 Å². The van der Waals surface area contributed by atoms with E-state index in [0.29, 0.717) is 10.8 Å². The summed E-state index contributed by atoms with van der Waals surface area (Å²) in [6.07, 6.45) is 2.20. The number of rotatable bonds is 8. The van der Waals surface area contributed by atoms with Gasteiger partial charge in [-0.2, -0.15) is 0 Å². The van der Waals surface area contributed by atoms with Crippen molar-refractivity contribution in [2.24, 2.45) is 4.99 Å². The van der Waals surface area contributed by atoms with E-state index in [1.165, 1.54) is 16.2 Å². The van der Waals surface area contributed by atoms with Crippen LogP contribution in [0.25, 0.3) is 6.08 Å². The van der Waals surface area contributed by atoms with Crippen LogP contribution in [0, 0.1) is 6.92 Å². The molecular formula is C23H27ClN2O3S. The highest BCUT2D eigenvalue weighted by atomic mass is 35.5. The third-order valence-corrected chi connectivity index (χ3v) is 5.91. The number of para-hydroxylation sites is 1. The molecule has 160 valence electrons. The molecule has 0 unspecified atom stereocenters. The SMILES string of the molecule is CCCN=C1S/C(=C\c2ccc(OC[C@H](O)CO)c(Cl)c2)CN1c1ccccc1C. The number of aryl methyl sites for hydroxylation is 1. The lowest BCUT2D eigenvalue weighted by molar-refractivity contribution is 0.0536. The molecule has 3 rings (SSSR count). The summed E-state index contributed by atoms with van der Waals surface area (Å²) >= 11 is 8.03. The Morgan fingerprint density at radius 2 is 2.10 bits per heavy atom. The second-order valence-electron chi connectivity index (χ2n) is 7.09. The molecule has 2 aromatic carbocycles. The van der Waals surface area contributed by atoms with Crippen molar-refractivity contribution >= 4 is 40.3 Å². The number of anilines is 1. The summed E-state index contributed by atoms with van der Waals surface area (Å²) in [5, 5.41) is 19.8. The summed E-state index contributed by atoms with van der Waals surface area (Å²) in [6.45, 7) is 5.45. The Hall–Kier alpha value is -1.99. The van der Waals surface area contributed by atoms with Crippen LogP contribution in [0.15, 0.2) is 52.4 Å². The number of nitrogens with zero attached hydrogens (tertiary/aromatic N) is 2. The Kier molecular flexibility index (Phi) is 8.22. The van der Waals surface area contributed by atoms with Crippen molar-refractivity contribution in [3.63, 3.8) is 0 Å². The Bertz CT molecular complexity index is 932. The van der Waals surface area contributed by atoms with Gasteiger partial charge in [-0.25, -0.2) is 0 Å². The molecule has 0 aliphatic carbocycles. The first-order valence-corrected chi connectivity index (χ1v) is 11.2. The first-order valence-electron chi connectivity index (χ1n) is 9.99. The first-order chi connectivity index (χ1) is 14.5. The van der Waals surface area contributed by atoms with Crippen LogP contribution in [0.3, 0.4) is 0 Å². The number of halogens is 1. The van der Waals surface area contributed by atoms with Crippen molar-refractivity contribution in [3.8, 4) is 5.75 Å². The summed E-state index contributed by atoms with van der Waals surface area (Å²) in [6, 6.07) is 13.9. The number of thioether (sulfide) groups is 1. The Morgan fingerprint density at radius 1 is 1.30 bits per heavy atom. The fraction of sp³-hybridized carbons (Fsp3) is 0.348. The van der Waals surface area contributed by atoms with Crippen LogP contribution in [0.2, 0.25) is 5.02 Å². The highest BCUT2D eigenvalue weighted by Gasteiger charge is 2.26. The smallest absolute Gasteiger partial charge is 0.168 e. The third kappa shape index (κ3) is 5.79. The first kappa shape index (κ1) is 22.7. The molecule has 5 nitrogen and oxygen atoms in total. The minimum atomic E-state index is -0.925. The van der Waals surface area contributed by atoms with Gasteiger partial charge in [0.1, 0.15) is 18.5 Å². The number of aliphatic imine (C=N–C) groups is 1. The molecule has 30 heavy (non-hydrogen) atoms. The largest absolute Gasteiger partial charge is 0.489 e. The van der Waals surface area contributed by atoms with Crippen molar-refractivity contribution in [2.75, 3.05) is 31.2 Å². The topological polar surface area (TPSA) is 65.3 Å².